The minimum absolute atomic E-state index is 0.0356. The Morgan fingerprint density at radius 2 is 1.86 bits per heavy atom. The van der Waals surface area contributed by atoms with Gasteiger partial charge in [0.1, 0.15) is 5.15 Å². The molecule has 0 saturated carbocycles. The summed E-state index contributed by atoms with van der Waals surface area (Å²) in [7, 11) is 0. The topological polar surface area (TPSA) is 51.0 Å². The normalized spacial score (nSPS) is 16.2. The van der Waals surface area contributed by atoms with Crippen LogP contribution >= 0.6 is 11.6 Å². The molecule has 0 bridgehead atoms. The van der Waals surface area contributed by atoms with E-state index in [1.165, 1.54) is 0 Å². The highest BCUT2D eigenvalue weighted by Gasteiger charge is 2.23. The van der Waals surface area contributed by atoms with Crippen molar-refractivity contribution in [3.8, 4) is 11.1 Å². The number of likely N-dealkylation sites (tertiary alicyclic amines) is 1. The zero-order chi connectivity index (χ0) is 19.8. The van der Waals surface area contributed by atoms with Gasteiger partial charge in [0.15, 0.2) is 0 Å². The summed E-state index contributed by atoms with van der Waals surface area (Å²) in [6.07, 6.45) is 5.41. The van der Waals surface area contributed by atoms with Crippen LogP contribution in [0.1, 0.15) is 38.3 Å². The van der Waals surface area contributed by atoms with Gasteiger partial charge >= 0.3 is 0 Å². The zero-order valence-electron chi connectivity index (χ0n) is 16.5. The summed E-state index contributed by atoms with van der Waals surface area (Å²) in [6.45, 7) is 8.40. The van der Waals surface area contributed by atoms with Gasteiger partial charge in [-0.1, -0.05) is 17.7 Å². The minimum atomic E-state index is 0.0356. The van der Waals surface area contributed by atoms with Crippen molar-refractivity contribution >= 4 is 22.5 Å². The molecule has 0 aliphatic carbocycles. The SMILES string of the molecule is Cc1cc(-c2ccc3ncn(C4CCN(C(C)C)CC4)c(=O)c3c2)cnc1Cl. The number of aromatic nitrogens is 3. The number of hydrogen-bond donors (Lipinski definition) is 0. The van der Waals surface area contributed by atoms with Crippen molar-refractivity contribution in [2.24, 2.45) is 0 Å². The molecule has 0 N–H and O–H groups in total. The molecule has 2 aromatic heterocycles. The van der Waals surface area contributed by atoms with Crippen LogP contribution in [0.4, 0.5) is 0 Å². The molecule has 5 nitrogen and oxygen atoms in total. The molecule has 0 radical (unpaired) electrons. The first-order valence-corrected chi connectivity index (χ1v) is 10.2. The fourth-order valence-electron chi connectivity index (χ4n) is 3.97. The van der Waals surface area contributed by atoms with Crippen LogP contribution in [0, 0.1) is 6.92 Å². The highest BCUT2D eigenvalue weighted by atomic mass is 35.5. The molecule has 1 aliphatic heterocycles. The quantitative estimate of drug-likeness (QED) is 0.613. The van der Waals surface area contributed by atoms with Crippen LogP contribution < -0.4 is 5.56 Å². The molecule has 1 aliphatic rings. The number of rotatable bonds is 3. The predicted molar refractivity (Wildman–Crippen MR) is 114 cm³/mol. The van der Waals surface area contributed by atoms with Gasteiger partial charge in [0.05, 0.1) is 17.2 Å². The second-order valence-electron chi connectivity index (χ2n) is 7.88. The molecule has 3 heterocycles. The number of nitrogens with zero attached hydrogens (tertiary/aromatic N) is 4. The smallest absolute Gasteiger partial charge is 0.261 e. The largest absolute Gasteiger partial charge is 0.301 e. The first-order valence-electron chi connectivity index (χ1n) is 9.81. The number of fused-ring (bicyclic) bond motifs is 1. The Kier molecular flexibility index (Phi) is 5.21. The number of pyridine rings is 1. The first kappa shape index (κ1) is 19.1. The third-order valence-electron chi connectivity index (χ3n) is 5.75. The van der Waals surface area contributed by atoms with E-state index in [0.29, 0.717) is 16.6 Å². The van der Waals surface area contributed by atoms with Crippen molar-refractivity contribution in [2.75, 3.05) is 13.1 Å². The van der Waals surface area contributed by atoms with E-state index in [-0.39, 0.29) is 11.6 Å². The van der Waals surface area contributed by atoms with Crippen LogP contribution in [-0.2, 0) is 0 Å². The van der Waals surface area contributed by atoms with Gasteiger partial charge in [-0.05, 0) is 62.9 Å². The molecule has 0 unspecified atom stereocenters. The lowest BCUT2D eigenvalue weighted by Gasteiger charge is -2.35. The van der Waals surface area contributed by atoms with Crippen molar-refractivity contribution in [1.82, 2.24) is 19.4 Å². The Morgan fingerprint density at radius 1 is 1.11 bits per heavy atom. The fourth-order valence-corrected chi connectivity index (χ4v) is 4.08. The van der Waals surface area contributed by atoms with Gasteiger partial charge in [-0.25, -0.2) is 9.97 Å². The Morgan fingerprint density at radius 3 is 2.54 bits per heavy atom. The van der Waals surface area contributed by atoms with E-state index in [4.69, 9.17) is 11.6 Å². The maximum absolute atomic E-state index is 13.2. The molecular weight excluding hydrogens is 372 g/mol. The lowest BCUT2D eigenvalue weighted by Crippen LogP contribution is -2.40. The first-order chi connectivity index (χ1) is 13.4. The van der Waals surface area contributed by atoms with Crippen LogP contribution in [0.15, 0.2) is 41.6 Å². The summed E-state index contributed by atoms with van der Waals surface area (Å²) in [6, 6.07) is 8.56. The molecule has 1 fully saturated rings. The van der Waals surface area contributed by atoms with Gasteiger partial charge in [0.2, 0.25) is 0 Å². The fraction of sp³-hybridized carbons (Fsp3) is 0.409. The van der Waals surface area contributed by atoms with E-state index < -0.39 is 0 Å². The van der Waals surface area contributed by atoms with E-state index in [1.807, 2.05) is 35.8 Å². The van der Waals surface area contributed by atoms with Crippen LogP contribution in [0.3, 0.4) is 0 Å². The van der Waals surface area contributed by atoms with Crippen molar-refractivity contribution < 1.29 is 0 Å². The maximum atomic E-state index is 13.2. The lowest BCUT2D eigenvalue weighted by molar-refractivity contribution is 0.150. The van der Waals surface area contributed by atoms with Crippen molar-refractivity contribution in [3.05, 3.63) is 57.9 Å². The van der Waals surface area contributed by atoms with Gasteiger partial charge in [-0.2, -0.15) is 0 Å². The summed E-state index contributed by atoms with van der Waals surface area (Å²) in [5.74, 6) is 0. The average molecular weight is 397 g/mol. The molecule has 3 aromatic rings. The zero-order valence-corrected chi connectivity index (χ0v) is 17.3. The number of piperidine rings is 1. The Hall–Kier alpha value is -2.24. The Labute approximate surface area is 170 Å². The van der Waals surface area contributed by atoms with E-state index in [0.717, 1.165) is 48.1 Å². The molecule has 0 atom stereocenters. The van der Waals surface area contributed by atoms with Crippen molar-refractivity contribution in [3.63, 3.8) is 0 Å². The van der Waals surface area contributed by atoms with Crippen molar-refractivity contribution in [2.45, 2.75) is 45.7 Å². The van der Waals surface area contributed by atoms with Gasteiger partial charge < -0.3 is 4.90 Å². The van der Waals surface area contributed by atoms with E-state index >= 15 is 0 Å². The van der Waals surface area contributed by atoms with Crippen molar-refractivity contribution in [1.29, 1.82) is 0 Å². The third kappa shape index (κ3) is 3.56. The summed E-state index contributed by atoms with van der Waals surface area (Å²) in [5, 5.41) is 1.15. The van der Waals surface area contributed by atoms with Gasteiger partial charge in [0, 0.05) is 36.9 Å². The van der Waals surface area contributed by atoms with Gasteiger partial charge in [-0.15, -0.1) is 0 Å². The minimum Gasteiger partial charge on any atom is -0.301 e. The highest BCUT2D eigenvalue weighted by molar-refractivity contribution is 6.30. The highest BCUT2D eigenvalue weighted by Crippen LogP contribution is 2.26. The van der Waals surface area contributed by atoms with Crippen LogP contribution in [0.25, 0.3) is 22.0 Å². The number of benzene rings is 1. The average Bonchev–Trinajstić information content (AvgIpc) is 2.70. The molecule has 1 aromatic carbocycles. The Balaban J connectivity index is 1.70. The molecule has 0 spiro atoms. The standard InChI is InChI=1S/C22H25ClN4O/c1-14(2)26-8-6-18(7-9-26)27-13-25-20-5-4-16(11-19(20)22(27)28)17-10-15(3)21(23)24-12-17/h4-5,10-14,18H,6-9H2,1-3H3. The second kappa shape index (κ2) is 7.64. The number of hydrogen-bond acceptors (Lipinski definition) is 4. The van der Waals surface area contributed by atoms with E-state index in [2.05, 4.69) is 28.7 Å². The molecule has 0 amide bonds. The molecule has 4 rings (SSSR count). The summed E-state index contributed by atoms with van der Waals surface area (Å²) in [5.41, 5.74) is 3.58. The van der Waals surface area contributed by atoms with Crippen LogP contribution in [-0.4, -0.2) is 38.6 Å². The molecule has 146 valence electrons. The summed E-state index contributed by atoms with van der Waals surface area (Å²) >= 11 is 6.05. The molecule has 1 saturated heterocycles. The number of aryl methyl sites for hydroxylation is 1. The maximum Gasteiger partial charge on any atom is 0.261 e. The third-order valence-corrected chi connectivity index (χ3v) is 6.15. The summed E-state index contributed by atoms with van der Waals surface area (Å²) in [4.78, 5) is 24.5. The summed E-state index contributed by atoms with van der Waals surface area (Å²) < 4.78 is 1.83. The number of halogens is 1. The van der Waals surface area contributed by atoms with Gasteiger partial charge in [0.25, 0.3) is 5.56 Å². The van der Waals surface area contributed by atoms with Crippen LogP contribution in [0.2, 0.25) is 5.15 Å². The van der Waals surface area contributed by atoms with Crippen LogP contribution in [0.5, 0.6) is 0 Å². The van der Waals surface area contributed by atoms with Gasteiger partial charge in [-0.3, -0.25) is 9.36 Å². The Bertz CT molecular complexity index is 1070. The second-order valence-corrected chi connectivity index (χ2v) is 8.24. The monoisotopic (exact) mass is 396 g/mol. The lowest BCUT2D eigenvalue weighted by atomic mass is 10.0. The molecular formula is C22H25ClN4O. The molecule has 6 heteroatoms. The van der Waals surface area contributed by atoms with E-state index in [9.17, 15) is 4.79 Å². The van der Waals surface area contributed by atoms with E-state index in [1.54, 1.807) is 12.5 Å². The molecule has 28 heavy (non-hydrogen) atoms. The predicted octanol–water partition coefficient (Wildman–Crippen LogP) is 4.47.